The highest BCUT2D eigenvalue weighted by Crippen LogP contribution is 2.46. The molecule has 6 rings (SSSR count). The molecule has 0 radical (unpaired) electrons. The van der Waals surface area contributed by atoms with Gasteiger partial charge in [0.15, 0.2) is 11.5 Å². The summed E-state index contributed by atoms with van der Waals surface area (Å²) in [5.74, 6) is 0.234. The van der Waals surface area contributed by atoms with Crippen molar-refractivity contribution in [2.45, 2.75) is 25.5 Å². The van der Waals surface area contributed by atoms with Crippen LogP contribution in [0.4, 0.5) is 5.69 Å². The van der Waals surface area contributed by atoms with Crippen molar-refractivity contribution in [1.82, 2.24) is 0 Å². The Hall–Kier alpha value is -3.78. The lowest BCUT2D eigenvalue weighted by atomic mass is 9.98. The van der Waals surface area contributed by atoms with E-state index in [0.29, 0.717) is 22.7 Å². The van der Waals surface area contributed by atoms with Crippen molar-refractivity contribution >= 4 is 34.5 Å². The van der Waals surface area contributed by atoms with Gasteiger partial charge in [0.2, 0.25) is 6.79 Å². The lowest BCUT2D eigenvalue weighted by Crippen LogP contribution is -2.29. The monoisotopic (exact) mass is 461 g/mol. The van der Waals surface area contributed by atoms with Crippen molar-refractivity contribution in [3.63, 3.8) is 0 Å². The Bertz CT molecular complexity index is 1330. The summed E-state index contributed by atoms with van der Waals surface area (Å²) in [4.78, 5) is 28.7. The first kappa shape index (κ1) is 19.9. The topological polar surface area (TPSA) is 85.3 Å². The fraction of sp³-hybridized carbons (Fsp3) is 0.200. The molecule has 0 spiro atoms. The van der Waals surface area contributed by atoms with Crippen LogP contribution >= 0.6 is 11.3 Å². The molecule has 1 aromatic heterocycles. The maximum Gasteiger partial charge on any atom is 0.300 e. The molecule has 1 saturated heterocycles. The second-order valence-corrected chi connectivity index (χ2v) is 9.16. The number of benzene rings is 2. The van der Waals surface area contributed by atoms with Crippen molar-refractivity contribution in [3.8, 4) is 17.2 Å². The Morgan fingerprint density at radius 3 is 2.70 bits per heavy atom. The smallest absolute Gasteiger partial charge is 0.300 e. The third-order valence-electron chi connectivity index (χ3n) is 6.06. The number of hydrogen-bond acceptors (Lipinski definition) is 7. The number of hydrogen-bond donors (Lipinski definition) is 1. The normalized spacial score (nSPS) is 22.5. The highest BCUT2D eigenvalue weighted by atomic mass is 32.1. The highest BCUT2D eigenvalue weighted by Gasteiger charge is 2.47. The molecule has 8 heteroatoms. The first-order valence-corrected chi connectivity index (χ1v) is 11.4. The second-order valence-electron chi connectivity index (χ2n) is 8.18. The molecule has 0 aliphatic carbocycles. The Morgan fingerprint density at radius 2 is 1.88 bits per heavy atom. The molecule has 166 valence electrons. The van der Waals surface area contributed by atoms with Crippen LogP contribution in [0.3, 0.4) is 0 Å². The van der Waals surface area contributed by atoms with E-state index in [4.69, 9.17) is 14.2 Å². The third kappa shape index (κ3) is 3.09. The van der Waals surface area contributed by atoms with Crippen LogP contribution in [0.15, 0.2) is 59.5 Å². The quantitative estimate of drug-likeness (QED) is 0.353. The summed E-state index contributed by atoms with van der Waals surface area (Å²) in [5.41, 5.74) is 2.00. The molecule has 1 N–H and O–H groups in total. The minimum atomic E-state index is -0.756. The summed E-state index contributed by atoms with van der Waals surface area (Å²) in [6.45, 7) is 2.08. The number of Topliss-reactive ketones (excluding diaryl/α,β-unsaturated/α-hetero) is 1. The van der Waals surface area contributed by atoms with Crippen LogP contribution in [0.5, 0.6) is 17.2 Å². The Labute approximate surface area is 193 Å². The van der Waals surface area contributed by atoms with Crippen LogP contribution in [-0.2, 0) is 16.0 Å². The van der Waals surface area contributed by atoms with Crippen LogP contribution in [-0.4, -0.2) is 29.7 Å². The van der Waals surface area contributed by atoms with Crippen molar-refractivity contribution in [3.05, 3.63) is 75.5 Å². The predicted molar refractivity (Wildman–Crippen MR) is 122 cm³/mol. The van der Waals surface area contributed by atoms with Gasteiger partial charge in [-0.3, -0.25) is 14.5 Å². The number of anilines is 1. The van der Waals surface area contributed by atoms with E-state index in [2.05, 4.69) is 0 Å². The van der Waals surface area contributed by atoms with E-state index >= 15 is 0 Å². The van der Waals surface area contributed by atoms with Crippen molar-refractivity contribution < 1.29 is 28.9 Å². The summed E-state index contributed by atoms with van der Waals surface area (Å²) in [7, 11) is 0. The molecular weight excluding hydrogens is 442 g/mol. The van der Waals surface area contributed by atoms with Crippen LogP contribution < -0.4 is 19.1 Å². The van der Waals surface area contributed by atoms with Crippen molar-refractivity contribution in [2.24, 2.45) is 0 Å². The Morgan fingerprint density at radius 1 is 1.06 bits per heavy atom. The van der Waals surface area contributed by atoms with Crippen LogP contribution in [0, 0.1) is 0 Å². The average Bonchev–Trinajstić information content (AvgIpc) is 3.59. The van der Waals surface area contributed by atoms with E-state index in [-0.39, 0.29) is 24.2 Å². The zero-order valence-electron chi connectivity index (χ0n) is 17.6. The molecule has 0 saturated carbocycles. The van der Waals surface area contributed by atoms with Gasteiger partial charge in [0, 0.05) is 28.6 Å². The minimum absolute atomic E-state index is 0.0557. The molecule has 1 fully saturated rings. The zero-order valence-corrected chi connectivity index (χ0v) is 18.4. The highest BCUT2D eigenvalue weighted by molar-refractivity contribution is 7.10. The molecule has 2 unspecified atom stereocenters. The first-order chi connectivity index (χ1) is 16.0. The molecule has 4 heterocycles. The van der Waals surface area contributed by atoms with Crippen LogP contribution in [0.2, 0.25) is 0 Å². The largest absolute Gasteiger partial charge is 0.507 e. The summed E-state index contributed by atoms with van der Waals surface area (Å²) in [6.07, 6.45) is 0.774. The van der Waals surface area contributed by atoms with Gasteiger partial charge in [0.05, 0.1) is 5.57 Å². The lowest BCUT2D eigenvalue weighted by Gasteiger charge is -2.24. The van der Waals surface area contributed by atoms with E-state index in [1.807, 2.05) is 30.5 Å². The van der Waals surface area contributed by atoms with E-state index in [1.54, 1.807) is 30.3 Å². The number of ether oxygens (including phenoxy) is 3. The molecular formula is C25H19NO6S. The van der Waals surface area contributed by atoms with Gasteiger partial charge in [-0.05, 0) is 54.3 Å². The maximum absolute atomic E-state index is 13.2. The van der Waals surface area contributed by atoms with E-state index in [0.717, 1.165) is 22.6 Å². The number of carbonyl (C=O) groups is 2. The number of amides is 1. The average molecular weight is 461 g/mol. The summed E-state index contributed by atoms with van der Waals surface area (Å²) < 4.78 is 16.6. The number of nitrogens with zero attached hydrogens (tertiary/aromatic N) is 1. The van der Waals surface area contributed by atoms with Gasteiger partial charge < -0.3 is 19.3 Å². The van der Waals surface area contributed by atoms with Gasteiger partial charge in [0.25, 0.3) is 11.7 Å². The molecule has 7 nitrogen and oxygen atoms in total. The molecule has 0 bridgehead atoms. The molecule has 2 atom stereocenters. The van der Waals surface area contributed by atoms with Gasteiger partial charge in [-0.1, -0.05) is 6.07 Å². The summed E-state index contributed by atoms with van der Waals surface area (Å²) >= 11 is 1.42. The van der Waals surface area contributed by atoms with Crippen molar-refractivity contribution in [1.29, 1.82) is 0 Å². The number of aliphatic hydroxyl groups excluding tert-OH is 1. The van der Waals surface area contributed by atoms with Gasteiger partial charge in [-0.2, -0.15) is 0 Å². The third-order valence-corrected chi connectivity index (χ3v) is 6.99. The fourth-order valence-corrected chi connectivity index (χ4v) is 5.40. The number of carbonyl (C=O) groups excluding carboxylic acids is 2. The summed E-state index contributed by atoms with van der Waals surface area (Å²) in [5, 5.41) is 13.2. The van der Waals surface area contributed by atoms with Crippen LogP contribution in [0.1, 0.15) is 29.0 Å². The lowest BCUT2D eigenvalue weighted by molar-refractivity contribution is -0.132. The number of aliphatic hydroxyl groups is 1. The molecule has 2 aromatic carbocycles. The Balaban J connectivity index is 1.50. The Kier molecular flexibility index (Phi) is 4.45. The number of fused-ring (bicyclic) bond motifs is 2. The molecule has 33 heavy (non-hydrogen) atoms. The zero-order chi connectivity index (χ0) is 22.7. The fourth-order valence-electron chi connectivity index (χ4n) is 4.57. The van der Waals surface area contributed by atoms with Crippen LogP contribution in [0.25, 0.3) is 5.76 Å². The van der Waals surface area contributed by atoms with E-state index < -0.39 is 17.7 Å². The van der Waals surface area contributed by atoms with Gasteiger partial charge >= 0.3 is 0 Å². The SMILES string of the molecule is CC1Cc2cc(/C(O)=C3/C(=O)C(=O)N(c4ccc5c(c4)OCO5)C3c3cccs3)ccc2O1. The number of ketones is 1. The minimum Gasteiger partial charge on any atom is -0.507 e. The number of rotatable bonds is 3. The van der Waals surface area contributed by atoms with Gasteiger partial charge in [0.1, 0.15) is 23.7 Å². The summed E-state index contributed by atoms with van der Waals surface area (Å²) in [6, 6.07) is 13.4. The maximum atomic E-state index is 13.2. The second kappa shape index (κ2) is 7.38. The standard InChI is InChI=1S/C25H19NO6S/c1-13-9-15-10-14(4-6-17(15)32-13)23(27)21-22(20-3-2-8-33-20)26(25(29)24(21)28)16-5-7-18-19(11-16)31-12-30-18/h2-8,10-11,13,22,27H,9,12H2,1H3/b23-21-. The first-order valence-electron chi connectivity index (χ1n) is 10.6. The van der Waals surface area contributed by atoms with Gasteiger partial charge in [-0.25, -0.2) is 0 Å². The molecule has 3 aliphatic rings. The molecule has 3 aliphatic heterocycles. The van der Waals surface area contributed by atoms with Crippen molar-refractivity contribution in [2.75, 3.05) is 11.7 Å². The molecule has 3 aromatic rings. The molecule has 1 amide bonds. The number of thiophene rings is 1. The van der Waals surface area contributed by atoms with Gasteiger partial charge in [-0.15, -0.1) is 11.3 Å². The van der Waals surface area contributed by atoms with E-state index in [9.17, 15) is 14.7 Å². The van der Waals surface area contributed by atoms with E-state index in [1.165, 1.54) is 16.2 Å². The predicted octanol–water partition coefficient (Wildman–Crippen LogP) is 4.43.